The van der Waals surface area contributed by atoms with Crippen LogP contribution in [0.25, 0.3) is 0 Å². The topological polar surface area (TPSA) is 73.9 Å². The third kappa shape index (κ3) is 7.76. The predicted molar refractivity (Wildman–Crippen MR) is 113 cm³/mol. The molecule has 2 aliphatic heterocycles. The highest BCUT2D eigenvalue weighted by molar-refractivity contribution is 6.35. The fraction of sp³-hybridized carbons (Fsp3) is 0.636. The quantitative estimate of drug-likeness (QED) is 0.620. The fourth-order valence-electron chi connectivity index (χ4n) is 3.90. The van der Waals surface area contributed by atoms with Gasteiger partial charge in [-0.05, 0) is 43.8 Å². The van der Waals surface area contributed by atoms with Crippen LogP contribution in [0.5, 0.6) is 0 Å². The molecule has 7 heteroatoms. The molecule has 3 rings (SSSR count). The first-order valence-electron chi connectivity index (χ1n) is 10.8. The van der Waals surface area contributed by atoms with Crippen molar-refractivity contribution in [3.63, 3.8) is 0 Å². The molecule has 1 aromatic rings. The van der Waals surface area contributed by atoms with Crippen molar-refractivity contribution in [1.82, 2.24) is 20.4 Å². The second-order valence-electron chi connectivity index (χ2n) is 7.94. The van der Waals surface area contributed by atoms with Crippen molar-refractivity contribution in [1.29, 1.82) is 0 Å². The highest BCUT2D eigenvalue weighted by Gasteiger charge is 2.21. The molecule has 2 fully saturated rings. The minimum Gasteiger partial charge on any atom is -0.379 e. The standard InChI is InChI=1S/C22H34N4O3/c27-21(23-9-13-26-14-16-29-17-15-26)22(28)24-18-20-7-11-25(12-8-20)10-6-19-4-2-1-3-5-19/h1-5,20H,6-18H2,(H,23,27)(H,24,28). The molecule has 0 radical (unpaired) electrons. The monoisotopic (exact) mass is 402 g/mol. The molecule has 29 heavy (non-hydrogen) atoms. The predicted octanol–water partition coefficient (Wildman–Crippen LogP) is 0.506. The van der Waals surface area contributed by atoms with Crippen molar-refractivity contribution in [2.24, 2.45) is 5.92 Å². The van der Waals surface area contributed by atoms with Gasteiger partial charge in [0.15, 0.2) is 0 Å². The highest BCUT2D eigenvalue weighted by atomic mass is 16.5. The molecule has 1 aromatic carbocycles. The van der Waals surface area contributed by atoms with Crippen LogP contribution in [0, 0.1) is 5.92 Å². The summed E-state index contributed by atoms with van der Waals surface area (Å²) in [7, 11) is 0. The van der Waals surface area contributed by atoms with Crippen LogP contribution in [0.15, 0.2) is 30.3 Å². The van der Waals surface area contributed by atoms with Gasteiger partial charge in [0.1, 0.15) is 0 Å². The molecule has 0 atom stereocenters. The lowest BCUT2D eigenvalue weighted by atomic mass is 9.96. The van der Waals surface area contributed by atoms with Gasteiger partial charge in [-0.3, -0.25) is 14.5 Å². The smallest absolute Gasteiger partial charge is 0.309 e. The van der Waals surface area contributed by atoms with Gasteiger partial charge in [-0.15, -0.1) is 0 Å². The molecule has 0 aromatic heterocycles. The molecule has 2 N–H and O–H groups in total. The van der Waals surface area contributed by atoms with Gasteiger partial charge in [-0.25, -0.2) is 0 Å². The Morgan fingerprint density at radius 2 is 1.55 bits per heavy atom. The minimum absolute atomic E-state index is 0.452. The number of amides is 2. The van der Waals surface area contributed by atoms with E-state index >= 15 is 0 Å². The zero-order chi connectivity index (χ0) is 20.3. The molecule has 2 aliphatic rings. The van der Waals surface area contributed by atoms with E-state index in [2.05, 4.69) is 44.7 Å². The van der Waals surface area contributed by atoms with E-state index in [0.29, 0.717) is 19.0 Å². The van der Waals surface area contributed by atoms with Crippen molar-refractivity contribution in [3.8, 4) is 0 Å². The summed E-state index contributed by atoms with van der Waals surface area (Å²) in [5.74, 6) is -0.592. The molecule has 0 spiro atoms. The van der Waals surface area contributed by atoms with E-state index in [9.17, 15) is 9.59 Å². The van der Waals surface area contributed by atoms with Crippen molar-refractivity contribution < 1.29 is 14.3 Å². The summed E-state index contributed by atoms with van der Waals surface area (Å²) < 4.78 is 5.30. The van der Waals surface area contributed by atoms with Gasteiger partial charge in [-0.2, -0.15) is 0 Å². The van der Waals surface area contributed by atoms with Gasteiger partial charge in [0.2, 0.25) is 0 Å². The Bertz CT molecular complexity index is 626. The van der Waals surface area contributed by atoms with E-state index in [-0.39, 0.29) is 0 Å². The molecule has 0 saturated carbocycles. The van der Waals surface area contributed by atoms with Crippen LogP contribution in [-0.4, -0.2) is 87.2 Å². The summed E-state index contributed by atoms with van der Waals surface area (Å²) in [6, 6.07) is 10.6. The van der Waals surface area contributed by atoms with E-state index in [4.69, 9.17) is 4.74 Å². The lowest BCUT2D eigenvalue weighted by Gasteiger charge is -2.32. The minimum atomic E-state index is -0.529. The SMILES string of the molecule is O=C(NCCN1CCOCC1)C(=O)NCC1CCN(CCc2ccccc2)CC1. The second kappa shape index (κ2) is 11.9. The molecule has 0 bridgehead atoms. The maximum Gasteiger partial charge on any atom is 0.309 e. The lowest BCUT2D eigenvalue weighted by Crippen LogP contribution is -2.46. The van der Waals surface area contributed by atoms with Gasteiger partial charge in [-0.1, -0.05) is 30.3 Å². The maximum absolute atomic E-state index is 12.0. The Kier molecular flexibility index (Phi) is 8.92. The number of hydrogen-bond acceptors (Lipinski definition) is 5. The number of nitrogens with one attached hydrogen (secondary N) is 2. The average Bonchev–Trinajstić information content (AvgIpc) is 2.78. The zero-order valence-electron chi connectivity index (χ0n) is 17.3. The molecular weight excluding hydrogens is 368 g/mol. The number of carbonyl (C=O) groups excluding carboxylic acids is 2. The van der Waals surface area contributed by atoms with Crippen molar-refractivity contribution in [2.45, 2.75) is 19.3 Å². The Hall–Kier alpha value is -1.96. The van der Waals surface area contributed by atoms with Crippen LogP contribution in [-0.2, 0) is 20.7 Å². The normalized spacial score (nSPS) is 19.0. The van der Waals surface area contributed by atoms with Crippen molar-refractivity contribution >= 4 is 11.8 Å². The number of rotatable bonds is 8. The maximum atomic E-state index is 12.0. The Morgan fingerprint density at radius 1 is 0.897 bits per heavy atom. The van der Waals surface area contributed by atoms with Crippen molar-refractivity contribution in [2.75, 3.05) is 65.6 Å². The largest absolute Gasteiger partial charge is 0.379 e. The van der Waals surface area contributed by atoms with E-state index in [1.807, 2.05) is 6.07 Å². The van der Waals surface area contributed by atoms with Crippen LogP contribution < -0.4 is 10.6 Å². The van der Waals surface area contributed by atoms with Crippen LogP contribution >= 0.6 is 0 Å². The van der Waals surface area contributed by atoms with Gasteiger partial charge in [0.05, 0.1) is 13.2 Å². The summed E-state index contributed by atoms with van der Waals surface area (Å²) in [6.07, 6.45) is 3.20. The van der Waals surface area contributed by atoms with Gasteiger partial charge >= 0.3 is 11.8 Å². The molecule has 0 unspecified atom stereocenters. The summed E-state index contributed by atoms with van der Waals surface area (Å²) in [5, 5.41) is 5.53. The summed E-state index contributed by atoms with van der Waals surface area (Å²) in [5.41, 5.74) is 1.38. The number of benzene rings is 1. The lowest BCUT2D eigenvalue weighted by molar-refractivity contribution is -0.139. The first-order chi connectivity index (χ1) is 14.2. The van der Waals surface area contributed by atoms with Crippen molar-refractivity contribution in [3.05, 3.63) is 35.9 Å². The van der Waals surface area contributed by atoms with Gasteiger partial charge in [0.25, 0.3) is 0 Å². The first-order valence-corrected chi connectivity index (χ1v) is 10.8. The zero-order valence-corrected chi connectivity index (χ0v) is 17.3. The van der Waals surface area contributed by atoms with E-state index < -0.39 is 11.8 Å². The number of piperidine rings is 1. The second-order valence-corrected chi connectivity index (χ2v) is 7.94. The molecule has 0 aliphatic carbocycles. The van der Waals surface area contributed by atoms with E-state index in [1.54, 1.807) is 0 Å². The molecular formula is C22H34N4O3. The number of nitrogens with zero attached hydrogens (tertiary/aromatic N) is 2. The molecule has 2 heterocycles. The third-order valence-electron chi connectivity index (χ3n) is 5.84. The number of ether oxygens (including phenoxy) is 1. The van der Waals surface area contributed by atoms with E-state index in [0.717, 1.165) is 71.7 Å². The molecule has 2 saturated heterocycles. The van der Waals surface area contributed by atoms with Gasteiger partial charge < -0.3 is 20.3 Å². The highest BCUT2D eigenvalue weighted by Crippen LogP contribution is 2.16. The van der Waals surface area contributed by atoms with Gasteiger partial charge in [0, 0.05) is 39.3 Å². The first kappa shape index (κ1) is 21.7. The molecule has 2 amide bonds. The number of hydrogen-bond donors (Lipinski definition) is 2. The van der Waals surface area contributed by atoms with E-state index in [1.165, 1.54) is 5.56 Å². The Morgan fingerprint density at radius 3 is 2.28 bits per heavy atom. The summed E-state index contributed by atoms with van der Waals surface area (Å²) >= 11 is 0. The summed E-state index contributed by atoms with van der Waals surface area (Å²) in [6.45, 7) is 8.25. The fourth-order valence-corrected chi connectivity index (χ4v) is 3.90. The van der Waals surface area contributed by atoms with Crippen LogP contribution in [0.3, 0.4) is 0 Å². The molecule has 7 nitrogen and oxygen atoms in total. The number of morpholine rings is 1. The molecule has 160 valence electrons. The van der Waals surface area contributed by atoms with Crippen LogP contribution in [0.4, 0.5) is 0 Å². The Balaban J connectivity index is 1.24. The average molecular weight is 403 g/mol. The summed E-state index contributed by atoms with van der Waals surface area (Å²) in [4.78, 5) is 28.7. The van der Waals surface area contributed by atoms with Crippen LogP contribution in [0.2, 0.25) is 0 Å². The number of likely N-dealkylation sites (tertiary alicyclic amines) is 1. The van der Waals surface area contributed by atoms with Crippen LogP contribution in [0.1, 0.15) is 18.4 Å². The Labute approximate surface area is 173 Å². The third-order valence-corrected chi connectivity index (χ3v) is 5.84. The number of carbonyl (C=O) groups is 2.